The van der Waals surface area contributed by atoms with Gasteiger partial charge in [-0.3, -0.25) is 0 Å². The number of aromatic nitrogens is 2. The zero-order chi connectivity index (χ0) is 14.0. The Bertz CT molecular complexity index is 567. The van der Waals surface area contributed by atoms with Gasteiger partial charge in [0.25, 0.3) is 0 Å². The van der Waals surface area contributed by atoms with E-state index in [4.69, 9.17) is 0 Å². The first-order valence-electron chi connectivity index (χ1n) is 6.84. The summed E-state index contributed by atoms with van der Waals surface area (Å²) in [6.07, 6.45) is 0. The van der Waals surface area contributed by atoms with Crippen molar-refractivity contribution in [3.63, 3.8) is 0 Å². The molecule has 0 saturated carbocycles. The molecule has 0 aliphatic heterocycles. The minimum atomic E-state index is 0.487. The molecule has 0 amide bonds. The fourth-order valence-corrected chi connectivity index (χ4v) is 2.25. The maximum Gasteiger partial charge on any atom is 0.0651 e. The van der Waals surface area contributed by atoms with Crippen molar-refractivity contribution in [2.45, 2.75) is 47.2 Å². The van der Waals surface area contributed by atoms with Gasteiger partial charge in [-0.1, -0.05) is 26.0 Å². The van der Waals surface area contributed by atoms with Crippen molar-refractivity contribution < 1.29 is 0 Å². The molecule has 0 unspecified atom stereocenters. The van der Waals surface area contributed by atoms with Gasteiger partial charge in [-0.15, -0.1) is 0 Å². The first kappa shape index (κ1) is 13.8. The van der Waals surface area contributed by atoms with E-state index in [2.05, 4.69) is 69.3 Å². The summed E-state index contributed by atoms with van der Waals surface area (Å²) in [6.45, 7) is 11.5. The smallest absolute Gasteiger partial charge is 0.0651 e. The molecule has 19 heavy (non-hydrogen) atoms. The predicted molar refractivity (Wildman–Crippen MR) is 79.8 cm³/mol. The summed E-state index contributed by atoms with van der Waals surface area (Å²) in [4.78, 5) is 0. The van der Waals surface area contributed by atoms with E-state index < -0.39 is 0 Å². The molecule has 3 nitrogen and oxygen atoms in total. The molecule has 1 aromatic carbocycles. The molecule has 2 rings (SSSR count). The van der Waals surface area contributed by atoms with Crippen LogP contribution in [0.3, 0.4) is 0 Å². The molecular formula is C16H23N3. The van der Waals surface area contributed by atoms with Gasteiger partial charge in [-0.25, -0.2) is 4.68 Å². The maximum atomic E-state index is 4.68. The Balaban J connectivity index is 2.35. The zero-order valence-electron chi connectivity index (χ0n) is 12.5. The van der Waals surface area contributed by atoms with Crippen LogP contribution in [0.5, 0.6) is 0 Å². The summed E-state index contributed by atoms with van der Waals surface area (Å²) in [5, 5.41) is 8.14. The van der Waals surface area contributed by atoms with E-state index >= 15 is 0 Å². The molecule has 0 fully saturated rings. The summed E-state index contributed by atoms with van der Waals surface area (Å²) in [5.74, 6) is 0. The van der Waals surface area contributed by atoms with Gasteiger partial charge in [0.05, 0.1) is 11.4 Å². The number of benzene rings is 1. The highest BCUT2D eigenvalue weighted by Crippen LogP contribution is 2.18. The van der Waals surface area contributed by atoms with E-state index in [9.17, 15) is 0 Å². The molecule has 0 atom stereocenters. The molecule has 2 aromatic rings. The minimum absolute atomic E-state index is 0.487. The quantitative estimate of drug-likeness (QED) is 0.911. The van der Waals surface area contributed by atoms with Crippen molar-refractivity contribution in [1.82, 2.24) is 15.1 Å². The molecule has 0 radical (unpaired) electrons. The fourth-order valence-electron chi connectivity index (χ4n) is 2.25. The summed E-state index contributed by atoms with van der Waals surface area (Å²) < 4.78 is 2.04. The average Bonchev–Trinajstić information content (AvgIpc) is 2.62. The zero-order valence-corrected chi connectivity index (χ0v) is 12.5. The van der Waals surface area contributed by atoms with E-state index in [1.54, 1.807) is 0 Å². The molecule has 3 heteroatoms. The first-order chi connectivity index (χ1) is 8.99. The Labute approximate surface area is 115 Å². The summed E-state index contributed by atoms with van der Waals surface area (Å²) in [5.41, 5.74) is 6.02. The lowest BCUT2D eigenvalue weighted by Crippen LogP contribution is -2.22. The number of rotatable bonds is 4. The molecule has 1 aromatic heterocycles. The van der Waals surface area contributed by atoms with Crippen LogP contribution in [0.2, 0.25) is 0 Å². The molecule has 0 spiro atoms. The van der Waals surface area contributed by atoms with Crippen LogP contribution in [0.25, 0.3) is 5.69 Å². The second-order valence-electron chi connectivity index (χ2n) is 5.44. The molecule has 0 saturated heterocycles. The van der Waals surface area contributed by atoms with Crippen LogP contribution in [0.4, 0.5) is 0 Å². The largest absolute Gasteiger partial charge is 0.310 e. The van der Waals surface area contributed by atoms with Crippen LogP contribution in [0, 0.1) is 20.8 Å². The highest BCUT2D eigenvalue weighted by Gasteiger charge is 2.12. The Morgan fingerprint density at radius 2 is 1.95 bits per heavy atom. The molecule has 0 aliphatic rings. The van der Waals surface area contributed by atoms with Crippen molar-refractivity contribution in [1.29, 1.82) is 0 Å². The van der Waals surface area contributed by atoms with Gasteiger partial charge in [-0.05, 0) is 38.5 Å². The van der Waals surface area contributed by atoms with Crippen LogP contribution < -0.4 is 5.32 Å². The van der Waals surface area contributed by atoms with Crippen molar-refractivity contribution in [3.05, 3.63) is 46.8 Å². The highest BCUT2D eigenvalue weighted by molar-refractivity contribution is 5.39. The van der Waals surface area contributed by atoms with E-state index in [1.807, 2.05) is 4.68 Å². The number of hydrogen-bond donors (Lipinski definition) is 1. The van der Waals surface area contributed by atoms with Gasteiger partial charge in [-0.2, -0.15) is 5.10 Å². The van der Waals surface area contributed by atoms with Gasteiger partial charge >= 0.3 is 0 Å². The summed E-state index contributed by atoms with van der Waals surface area (Å²) in [6, 6.07) is 8.94. The SMILES string of the molecule is Cc1cccc(-n2nc(C)c(CNC(C)C)c2C)c1. The number of hydrogen-bond acceptors (Lipinski definition) is 2. The van der Waals surface area contributed by atoms with Gasteiger partial charge in [0, 0.05) is 23.8 Å². The Morgan fingerprint density at radius 3 is 2.58 bits per heavy atom. The van der Waals surface area contributed by atoms with Gasteiger partial charge in [0.15, 0.2) is 0 Å². The van der Waals surface area contributed by atoms with Crippen LogP contribution >= 0.6 is 0 Å². The summed E-state index contributed by atoms with van der Waals surface area (Å²) >= 11 is 0. The summed E-state index contributed by atoms with van der Waals surface area (Å²) in [7, 11) is 0. The highest BCUT2D eigenvalue weighted by atomic mass is 15.3. The second kappa shape index (κ2) is 5.57. The number of nitrogens with one attached hydrogen (secondary N) is 1. The Kier molecular flexibility index (Phi) is 4.05. The number of aryl methyl sites for hydroxylation is 2. The van der Waals surface area contributed by atoms with E-state index in [0.717, 1.165) is 17.9 Å². The van der Waals surface area contributed by atoms with Crippen molar-refractivity contribution in [3.8, 4) is 5.69 Å². The van der Waals surface area contributed by atoms with E-state index in [0.29, 0.717) is 6.04 Å². The Morgan fingerprint density at radius 1 is 1.21 bits per heavy atom. The standard InChI is InChI=1S/C16H23N3/c1-11(2)17-10-16-13(4)18-19(14(16)5)15-8-6-7-12(3)9-15/h6-9,11,17H,10H2,1-5H3. The molecule has 1 heterocycles. The van der Waals surface area contributed by atoms with Crippen LogP contribution in [-0.4, -0.2) is 15.8 Å². The third-order valence-corrected chi connectivity index (χ3v) is 3.37. The molecular weight excluding hydrogens is 234 g/mol. The monoisotopic (exact) mass is 257 g/mol. The first-order valence-corrected chi connectivity index (χ1v) is 6.84. The molecule has 102 valence electrons. The molecule has 0 aliphatic carbocycles. The van der Waals surface area contributed by atoms with E-state index in [-0.39, 0.29) is 0 Å². The normalized spacial score (nSPS) is 11.3. The lowest BCUT2D eigenvalue weighted by molar-refractivity contribution is 0.586. The molecule has 1 N–H and O–H groups in total. The van der Waals surface area contributed by atoms with Gasteiger partial charge in [0.1, 0.15) is 0 Å². The average molecular weight is 257 g/mol. The Hall–Kier alpha value is -1.61. The van der Waals surface area contributed by atoms with Crippen LogP contribution in [-0.2, 0) is 6.54 Å². The van der Waals surface area contributed by atoms with Gasteiger partial charge in [0.2, 0.25) is 0 Å². The van der Waals surface area contributed by atoms with E-state index in [1.165, 1.54) is 16.8 Å². The maximum absolute atomic E-state index is 4.68. The predicted octanol–water partition coefficient (Wildman–Crippen LogP) is 3.30. The fraction of sp³-hybridized carbons (Fsp3) is 0.438. The van der Waals surface area contributed by atoms with Gasteiger partial charge < -0.3 is 5.32 Å². The van der Waals surface area contributed by atoms with Crippen molar-refractivity contribution in [2.75, 3.05) is 0 Å². The number of nitrogens with zero attached hydrogens (tertiary/aromatic N) is 2. The lowest BCUT2D eigenvalue weighted by atomic mass is 10.2. The third-order valence-electron chi connectivity index (χ3n) is 3.37. The van der Waals surface area contributed by atoms with Crippen molar-refractivity contribution >= 4 is 0 Å². The lowest BCUT2D eigenvalue weighted by Gasteiger charge is -2.09. The van der Waals surface area contributed by atoms with Crippen molar-refractivity contribution in [2.24, 2.45) is 0 Å². The second-order valence-corrected chi connectivity index (χ2v) is 5.44. The topological polar surface area (TPSA) is 29.9 Å². The molecule has 0 bridgehead atoms. The minimum Gasteiger partial charge on any atom is -0.310 e. The van der Waals surface area contributed by atoms with Crippen LogP contribution in [0.15, 0.2) is 24.3 Å². The van der Waals surface area contributed by atoms with Crippen LogP contribution in [0.1, 0.15) is 36.4 Å². The third kappa shape index (κ3) is 3.04.